The molecular weight excluding hydrogens is 248 g/mol. The number of benzene rings is 1. The third-order valence-corrected chi connectivity index (χ3v) is 5.01. The van der Waals surface area contributed by atoms with Crippen LogP contribution in [0, 0.1) is 0 Å². The molecule has 0 saturated heterocycles. The fraction of sp³-hybridized carbons (Fsp3) is 0.200. The van der Waals surface area contributed by atoms with E-state index in [2.05, 4.69) is 37.3 Å². The van der Waals surface area contributed by atoms with Crippen LogP contribution in [0.25, 0.3) is 0 Å². The Morgan fingerprint density at radius 1 is 1.27 bits per heavy atom. The second kappa shape index (κ2) is 3.01. The molecule has 11 heavy (non-hydrogen) atoms. The third-order valence-electron chi connectivity index (χ3n) is 1.85. The quantitative estimate of drug-likeness (QED) is 0.618. The van der Waals surface area contributed by atoms with E-state index in [9.17, 15) is 0 Å². The van der Waals surface area contributed by atoms with Crippen LogP contribution in [0.1, 0.15) is 12.5 Å². The molecule has 0 atom stereocenters. The van der Waals surface area contributed by atoms with Crippen molar-refractivity contribution >= 4 is 24.5 Å². The van der Waals surface area contributed by atoms with Crippen molar-refractivity contribution in [2.24, 2.45) is 0 Å². The third kappa shape index (κ3) is 1.50. The Balaban J connectivity index is 2.42. The Labute approximate surface area is 77.4 Å². The maximum atomic E-state index is 2.38. The summed E-state index contributed by atoms with van der Waals surface area (Å²) < 4.78 is 3.27. The molecule has 0 saturated carbocycles. The van der Waals surface area contributed by atoms with Crippen molar-refractivity contribution in [1.29, 1.82) is 0 Å². The summed E-state index contributed by atoms with van der Waals surface area (Å²) in [5.74, 6) is 0. The van der Waals surface area contributed by atoms with Gasteiger partial charge in [-0.05, 0) is 0 Å². The van der Waals surface area contributed by atoms with Gasteiger partial charge in [-0.25, -0.2) is 0 Å². The molecule has 1 aliphatic rings. The molecule has 0 aliphatic carbocycles. The van der Waals surface area contributed by atoms with Gasteiger partial charge in [0.2, 0.25) is 0 Å². The van der Waals surface area contributed by atoms with Crippen LogP contribution in [-0.4, -0.2) is 20.9 Å². The van der Waals surface area contributed by atoms with Crippen LogP contribution >= 0.6 is 0 Å². The molecule has 0 bridgehead atoms. The van der Waals surface area contributed by atoms with E-state index in [0.29, 0.717) is 0 Å². The number of fused-ring (bicyclic) bond motifs is 1. The molecule has 0 aromatic heterocycles. The van der Waals surface area contributed by atoms with E-state index in [1.54, 1.807) is 12.8 Å². The van der Waals surface area contributed by atoms with Gasteiger partial charge in [0.1, 0.15) is 0 Å². The molecule has 0 nitrogen and oxygen atoms in total. The molecule has 0 unspecified atom stereocenters. The van der Waals surface area contributed by atoms with Crippen LogP contribution in [0.15, 0.2) is 34.0 Å². The number of rotatable bonds is 0. The minimum absolute atomic E-state index is 0.0196. The van der Waals surface area contributed by atoms with Crippen LogP contribution in [0.3, 0.4) is 0 Å². The molecule has 1 heterocycles. The van der Waals surface area contributed by atoms with Gasteiger partial charge in [0.05, 0.1) is 0 Å². The average Bonchev–Trinajstić information content (AvgIpc) is 2.04. The average molecular weight is 258 g/mol. The Bertz CT molecular complexity index is 299. The maximum absolute atomic E-state index is 2.38. The molecule has 1 aliphatic heterocycles. The Hall–Kier alpha value is -0.250. The molecule has 1 heteroatoms. The van der Waals surface area contributed by atoms with E-state index in [-0.39, 0.29) is 20.9 Å². The van der Waals surface area contributed by atoms with Crippen molar-refractivity contribution < 1.29 is 0 Å². The zero-order valence-corrected chi connectivity index (χ0v) is 8.83. The number of hydrogen-bond donors (Lipinski definition) is 0. The van der Waals surface area contributed by atoms with E-state index < -0.39 is 0 Å². The first-order valence-electron chi connectivity index (χ1n) is 3.79. The van der Waals surface area contributed by atoms with E-state index in [0.717, 1.165) is 6.42 Å². The normalized spacial score (nSPS) is 15.5. The van der Waals surface area contributed by atoms with E-state index in [1.165, 1.54) is 0 Å². The van der Waals surface area contributed by atoms with Gasteiger partial charge in [-0.3, -0.25) is 0 Å². The summed E-state index contributed by atoms with van der Waals surface area (Å²) in [5.41, 5.74) is 1.56. The molecule has 2 rings (SSSR count). The minimum atomic E-state index is 0.0196. The fourth-order valence-corrected chi connectivity index (χ4v) is 3.93. The number of allylic oxidation sites excluding steroid dienone is 2. The molecule has 0 spiro atoms. The first-order chi connectivity index (χ1) is 5.36. The Morgan fingerprint density at radius 2 is 2.09 bits per heavy atom. The predicted octanol–water partition coefficient (Wildman–Crippen LogP) is 1.48. The van der Waals surface area contributed by atoms with E-state index in [1.807, 2.05) is 0 Å². The first kappa shape index (κ1) is 7.40. The predicted molar refractivity (Wildman–Crippen MR) is 49.3 cm³/mol. The van der Waals surface area contributed by atoms with E-state index >= 15 is 0 Å². The van der Waals surface area contributed by atoms with Gasteiger partial charge in [0, 0.05) is 0 Å². The molecular formula is C10H10Te. The van der Waals surface area contributed by atoms with Crippen LogP contribution in [0.5, 0.6) is 0 Å². The molecule has 56 valence electrons. The summed E-state index contributed by atoms with van der Waals surface area (Å²) in [4.78, 5) is 0. The van der Waals surface area contributed by atoms with Crippen molar-refractivity contribution in [2.45, 2.75) is 13.3 Å². The van der Waals surface area contributed by atoms with Crippen LogP contribution in [0.2, 0.25) is 0 Å². The Kier molecular flexibility index (Phi) is 2.02. The first-order valence-corrected chi connectivity index (χ1v) is 6.12. The van der Waals surface area contributed by atoms with Gasteiger partial charge in [-0.15, -0.1) is 0 Å². The summed E-state index contributed by atoms with van der Waals surface area (Å²) in [6.45, 7) is 2.26. The van der Waals surface area contributed by atoms with Crippen molar-refractivity contribution in [3.05, 3.63) is 39.5 Å². The molecule has 1 aromatic rings. The van der Waals surface area contributed by atoms with Crippen molar-refractivity contribution in [3.8, 4) is 0 Å². The van der Waals surface area contributed by atoms with Crippen molar-refractivity contribution in [1.82, 2.24) is 0 Å². The second-order valence-electron chi connectivity index (χ2n) is 2.73. The molecule has 0 radical (unpaired) electrons. The van der Waals surface area contributed by atoms with Gasteiger partial charge in [0.25, 0.3) is 0 Å². The summed E-state index contributed by atoms with van der Waals surface area (Å²) >= 11 is 0.0196. The van der Waals surface area contributed by atoms with Gasteiger partial charge in [-0.2, -0.15) is 0 Å². The van der Waals surface area contributed by atoms with Gasteiger partial charge >= 0.3 is 77.4 Å². The van der Waals surface area contributed by atoms with E-state index in [4.69, 9.17) is 0 Å². The summed E-state index contributed by atoms with van der Waals surface area (Å²) in [5, 5.41) is 0. The fourth-order valence-electron chi connectivity index (χ4n) is 1.24. The van der Waals surface area contributed by atoms with Gasteiger partial charge in [0.15, 0.2) is 0 Å². The monoisotopic (exact) mass is 260 g/mol. The topological polar surface area (TPSA) is 0 Å². The SMILES string of the molecule is CC1=CCc2ccccc2[Te]1. The second-order valence-corrected chi connectivity index (χ2v) is 6.40. The molecule has 0 amide bonds. The molecule has 1 aromatic carbocycles. The van der Waals surface area contributed by atoms with Gasteiger partial charge < -0.3 is 0 Å². The number of hydrogen-bond acceptors (Lipinski definition) is 0. The molecule has 0 fully saturated rings. The summed E-state index contributed by atoms with van der Waals surface area (Å²) in [6, 6.07) is 8.83. The zero-order valence-electron chi connectivity index (χ0n) is 6.50. The molecule has 0 N–H and O–H groups in total. The summed E-state index contributed by atoms with van der Waals surface area (Å²) in [7, 11) is 0. The van der Waals surface area contributed by atoms with Crippen LogP contribution in [0.4, 0.5) is 0 Å². The zero-order chi connectivity index (χ0) is 7.68. The van der Waals surface area contributed by atoms with Gasteiger partial charge in [-0.1, -0.05) is 0 Å². The van der Waals surface area contributed by atoms with Crippen molar-refractivity contribution in [2.75, 3.05) is 0 Å². The standard InChI is InChI=1S/C10H10Te/c1-8-6-7-9-4-2-3-5-10(9)11-8/h2-6H,7H2,1H3. The van der Waals surface area contributed by atoms with Crippen LogP contribution in [-0.2, 0) is 6.42 Å². The van der Waals surface area contributed by atoms with Crippen molar-refractivity contribution in [3.63, 3.8) is 0 Å². The summed E-state index contributed by atoms with van der Waals surface area (Å²) in [6.07, 6.45) is 3.54. The van der Waals surface area contributed by atoms with Crippen LogP contribution < -0.4 is 3.61 Å². The Morgan fingerprint density at radius 3 is 3.00 bits per heavy atom.